The Kier molecular flexibility index (Phi) is 3.16. The molecule has 0 aromatic heterocycles. The van der Waals surface area contributed by atoms with Crippen molar-refractivity contribution in [3.63, 3.8) is 0 Å². The molecule has 1 aliphatic rings. The summed E-state index contributed by atoms with van der Waals surface area (Å²) in [4.78, 5) is 11.6. The van der Waals surface area contributed by atoms with Crippen molar-refractivity contribution >= 4 is 5.78 Å². The maximum absolute atomic E-state index is 11.6. The molecular weight excluding hydrogens is 232 g/mol. The van der Waals surface area contributed by atoms with Crippen LogP contribution in [0.25, 0.3) is 0 Å². The van der Waals surface area contributed by atoms with Gasteiger partial charge in [0.1, 0.15) is 0 Å². The fourth-order valence-electron chi connectivity index (χ4n) is 3.85. The van der Waals surface area contributed by atoms with E-state index in [1.165, 1.54) is 11.1 Å². The van der Waals surface area contributed by atoms with Crippen LogP contribution in [0.1, 0.15) is 75.9 Å². The van der Waals surface area contributed by atoms with Gasteiger partial charge in [-0.05, 0) is 41.4 Å². The van der Waals surface area contributed by atoms with Gasteiger partial charge in [0.05, 0.1) is 0 Å². The van der Waals surface area contributed by atoms with Crippen LogP contribution in [-0.2, 0) is 5.41 Å². The number of benzene rings is 1. The fraction of sp³-hybridized carbons (Fsp3) is 0.611. The number of rotatable bonds is 2. The van der Waals surface area contributed by atoms with E-state index in [1.807, 2.05) is 6.07 Å². The van der Waals surface area contributed by atoms with Crippen molar-refractivity contribution in [3.8, 4) is 0 Å². The van der Waals surface area contributed by atoms with E-state index < -0.39 is 0 Å². The molecule has 104 valence electrons. The van der Waals surface area contributed by atoms with Crippen LogP contribution in [0.15, 0.2) is 18.2 Å². The van der Waals surface area contributed by atoms with Crippen LogP contribution in [0.3, 0.4) is 0 Å². The van der Waals surface area contributed by atoms with E-state index in [0.29, 0.717) is 11.8 Å². The first-order chi connectivity index (χ1) is 8.64. The maximum atomic E-state index is 11.6. The van der Waals surface area contributed by atoms with Crippen LogP contribution in [0.2, 0.25) is 0 Å². The molecule has 0 fully saturated rings. The van der Waals surface area contributed by atoms with Crippen molar-refractivity contribution in [3.05, 3.63) is 34.9 Å². The molecule has 0 aliphatic heterocycles. The highest BCUT2D eigenvalue weighted by atomic mass is 16.1. The van der Waals surface area contributed by atoms with Gasteiger partial charge in [-0.15, -0.1) is 0 Å². The third-order valence-electron chi connectivity index (χ3n) is 6.06. The van der Waals surface area contributed by atoms with Gasteiger partial charge < -0.3 is 0 Å². The number of ketones is 1. The summed E-state index contributed by atoms with van der Waals surface area (Å²) in [5.74, 6) is 1.22. The van der Waals surface area contributed by atoms with Crippen LogP contribution in [-0.4, -0.2) is 5.78 Å². The van der Waals surface area contributed by atoms with E-state index in [-0.39, 0.29) is 16.6 Å². The van der Waals surface area contributed by atoms with Gasteiger partial charge in [0.25, 0.3) is 0 Å². The second kappa shape index (κ2) is 4.19. The number of carbonyl (C=O) groups is 1. The van der Waals surface area contributed by atoms with E-state index in [0.717, 1.165) is 5.56 Å². The summed E-state index contributed by atoms with van der Waals surface area (Å²) in [6.07, 6.45) is 0. The SMILES string of the molecule is CC(=O)c1ccc2c(c1)C(C)C(C)(C)C2(C)C(C)C. The lowest BCUT2D eigenvalue weighted by Gasteiger charge is -2.45. The highest BCUT2D eigenvalue weighted by molar-refractivity contribution is 5.94. The third kappa shape index (κ3) is 1.70. The van der Waals surface area contributed by atoms with Crippen LogP contribution >= 0.6 is 0 Å². The van der Waals surface area contributed by atoms with Crippen molar-refractivity contribution in [2.24, 2.45) is 11.3 Å². The first kappa shape index (κ1) is 14.3. The molecule has 0 heterocycles. The maximum Gasteiger partial charge on any atom is 0.159 e. The summed E-state index contributed by atoms with van der Waals surface area (Å²) in [5.41, 5.74) is 4.02. The predicted octanol–water partition coefficient (Wildman–Crippen LogP) is 4.95. The molecular formula is C18H26O. The summed E-state index contributed by atoms with van der Waals surface area (Å²) in [7, 11) is 0. The highest BCUT2D eigenvalue weighted by Crippen LogP contribution is 2.61. The molecule has 0 bridgehead atoms. The van der Waals surface area contributed by atoms with E-state index in [4.69, 9.17) is 0 Å². The number of Topliss-reactive ketones (excluding diaryl/α,β-unsaturated/α-hetero) is 1. The van der Waals surface area contributed by atoms with Crippen molar-refractivity contribution in [1.29, 1.82) is 0 Å². The van der Waals surface area contributed by atoms with Crippen LogP contribution in [0.5, 0.6) is 0 Å². The normalized spacial score (nSPS) is 28.5. The molecule has 2 atom stereocenters. The zero-order valence-corrected chi connectivity index (χ0v) is 13.3. The molecule has 1 aliphatic carbocycles. The van der Waals surface area contributed by atoms with Crippen LogP contribution in [0.4, 0.5) is 0 Å². The van der Waals surface area contributed by atoms with Gasteiger partial charge >= 0.3 is 0 Å². The standard InChI is InChI=1S/C18H26O/c1-11(2)18(7)16-9-8-14(13(4)19)10-15(16)12(3)17(18,5)6/h8-12H,1-7H3. The number of hydrogen-bond acceptors (Lipinski definition) is 1. The second-order valence-corrected chi connectivity index (χ2v) is 7.16. The molecule has 0 saturated carbocycles. The second-order valence-electron chi connectivity index (χ2n) is 7.16. The molecule has 1 aromatic rings. The van der Waals surface area contributed by atoms with Gasteiger partial charge in [0.15, 0.2) is 5.78 Å². The average molecular weight is 258 g/mol. The van der Waals surface area contributed by atoms with Crippen molar-refractivity contribution in [2.75, 3.05) is 0 Å². The zero-order chi connectivity index (χ0) is 14.6. The van der Waals surface area contributed by atoms with Gasteiger partial charge in [-0.2, -0.15) is 0 Å². The first-order valence-electron chi connectivity index (χ1n) is 7.29. The van der Waals surface area contributed by atoms with Crippen molar-refractivity contribution < 1.29 is 4.79 Å². The van der Waals surface area contributed by atoms with Gasteiger partial charge in [0, 0.05) is 11.0 Å². The summed E-state index contributed by atoms with van der Waals surface area (Å²) in [5, 5.41) is 0. The molecule has 2 unspecified atom stereocenters. The van der Waals surface area contributed by atoms with E-state index in [9.17, 15) is 4.79 Å². The minimum atomic E-state index is 0.158. The van der Waals surface area contributed by atoms with Gasteiger partial charge in [-0.3, -0.25) is 4.79 Å². The molecule has 2 rings (SSSR count). The Labute approximate surface area is 117 Å². The Balaban J connectivity index is 2.70. The first-order valence-corrected chi connectivity index (χ1v) is 7.29. The average Bonchev–Trinajstić information content (AvgIpc) is 2.49. The lowest BCUT2D eigenvalue weighted by atomic mass is 9.59. The van der Waals surface area contributed by atoms with Crippen molar-refractivity contribution in [1.82, 2.24) is 0 Å². The molecule has 19 heavy (non-hydrogen) atoms. The monoisotopic (exact) mass is 258 g/mol. The Morgan fingerprint density at radius 2 is 1.79 bits per heavy atom. The minimum Gasteiger partial charge on any atom is -0.295 e. The van der Waals surface area contributed by atoms with Crippen LogP contribution < -0.4 is 0 Å². The molecule has 1 heteroatoms. The lowest BCUT2D eigenvalue weighted by Crippen LogP contribution is -2.41. The Morgan fingerprint density at radius 3 is 2.26 bits per heavy atom. The van der Waals surface area contributed by atoms with E-state index >= 15 is 0 Å². The number of hydrogen-bond donors (Lipinski definition) is 0. The number of fused-ring (bicyclic) bond motifs is 1. The Morgan fingerprint density at radius 1 is 1.21 bits per heavy atom. The van der Waals surface area contributed by atoms with E-state index in [1.54, 1.807) is 6.92 Å². The largest absolute Gasteiger partial charge is 0.295 e. The third-order valence-corrected chi connectivity index (χ3v) is 6.06. The molecule has 1 nitrogen and oxygen atoms in total. The zero-order valence-electron chi connectivity index (χ0n) is 13.3. The van der Waals surface area contributed by atoms with Crippen LogP contribution in [0, 0.1) is 11.3 Å². The molecule has 0 radical (unpaired) electrons. The smallest absolute Gasteiger partial charge is 0.159 e. The summed E-state index contributed by atoms with van der Waals surface area (Å²) in [6, 6.07) is 6.31. The highest BCUT2D eigenvalue weighted by Gasteiger charge is 2.54. The molecule has 0 N–H and O–H groups in total. The molecule has 0 amide bonds. The molecule has 0 saturated heterocycles. The minimum absolute atomic E-state index is 0.158. The molecule has 0 spiro atoms. The summed E-state index contributed by atoms with van der Waals surface area (Å²) >= 11 is 0. The van der Waals surface area contributed by atoms with E-state index in [2.05, 4.69) is 53.7 Å². The lowest BCUT2D eigenvalue weighted by molar-refractivity contribution is 0.101. The van der Waals surface area contributed by atoms with Gasteiger partial charge in [-0.1, -0.05) is 53.7 Å². The van der Waals surface area contributed by atoms with Gasteiger partial charge in [-0.25, -0.2) is 0 Å². The topological polar surface area (TPSA) is 17.1 Å². The molecule has 1 aromatic carbocycles. The predicted molar refractivity (Wildman–Crippen MR) is 80.8 cm³/mol. The summed E-state index contributed by atoms with van der Waals surface area (Å²) < 4.78 is 0. The Bertz CT molecular complexity index is 524. The summed E-state index contributed by atoms with van der Waals surface area (Å²) in [6.45, 7) is 15.7. The number of carbonyl (C=O) groups excluding carboxylic acids is 1. The van der Waals surface area contributed by atoms with Gasteiger partial charge in [0.2, 0.25) is 0 Å². The fourth-order valence-corrected chi connectivity index (χ4v) is 3.85. The van der Waals surface area contributed by atoms with Crippen molar-refractivity contribution in [2.45, 2.75) is 59.8 Å². The quantitative estimate of drug-likeness (QED) is 0.686. The Hall–Kier alpha value is -1.11.